The van der Waals surface area contributed by atoms with Crippen molar-refractivity contribution in [3.63, 3.8) is 0 Å². The molecular weight excluding hydrogens is 174 g/mol. The first-order valence-corrected chi connectivity index (χ1v) is 5.32. The molecule has 0 aromatic carbocycles. The minimum Gasteiger partial charge on any atom is -0.320 e. The highest BCUT2D eigenvalue weighted by molar-refractivity contribution is 5.39. The largest absolute Gasteiger partial charge is 0.320 e. The summed E-state index contributed by atoms with van der Waals surface area (Å²) in [6.07, 6.45) is 5.62. The van der Waals surface area contributed by atoms with Crippen molar-refractivity contribution in [2.75, 3.05) is 12.0 Å². The number of nitrogens with zero attached hydrogens (tertiary/aromatic N) is 1. The molecule has 1 aliphatic carbocycles. The molecule has 0 radical (unpaired) electrons. The van der Waals surface area contributed by atoms with Crippen molar-refractivity contribution in [2.24, 2.45) is 5.92 Å². The maximum Gasteiger partial charge on any atom is 0.0671 e. The molecular formula is C11H17N3. The summed E-state index contributed by atoms with van der Waals surface area (Å²) < 4.78 is 0. The van der Waals surface area contributed by atoms with Gasteiger partial charge in [0.2, 0.25) is 0 Å². The molecule has 0 atom stereocenters. The molecule has 1 aromatic heterocycles. The minimum absolute atomic E-state index is 0.894. The fraction of sp³-hybridized carbons (Fsp3) is 0.545. The first kappa shape index (κ1) is 9.46. The van der Waals surface area contributed by atoms with Crippen molar-refractivity contribution in [1.82, 2.24) is 10.4 Å². The predicted octanol–water partition coefficient (Wildman–Crippen LogP) is 1.97. The number of pyridine rings is 1. The Balaban J connectivity index is 1.77. The molecule has 76 valence electrons. The van der Waals surface area contributed by atoms with E-state index in [0.717, 1.165) is 30.3 Å². The highest BCUT2D eigenvalue weighted by Crippen LogP contribution is 2.27. The standard InChI is InChI=1S/C11H17N3/c1-2-10-5-6-11(8-12-10)14-13-7-9-3-4-9/h5-6,8-9,13-14H,2-4,7H2,1H3. The number of anilines is 1. The summed E-state index contributed by atoms with van der Waals surface area (Å²) in [6.45, 7) is 3.18. The lowest BCUT2D eigenvalue weighted by Crippen LogP contribution is -2.23. The maximum atomic E-state index is 4.31. The van der Waals surface area contributed by atoms with E-state index in [-0.39, 0.29) is 0 Å². The highest BCUT2D eigenvalue weighted by atomic mass is 15.4. The molecule has 2 N–H and O–H groups in total. The summed E-state index contributed by atoms with van der Waals surface area (Å²) in [5.41, 5.74) is 8.55. The van der Waals surface area contributed by atoms with Gasteiger partial charge in [-0.1, -0.05) is 6.92 Å². The third-order valence-corrected chi connectivity index (χ3v) is 2.51. The number of hydrogen-bond acceptors (Lipinski definition) is 3. The Kier molecular flexibility index (Phi) is 2.99. The maximum absolute atomic E-state index is 4.31. The molecule has 1 fully saturated rings. The molecule has 1 aliphatic rings. The lowest BCUT2D eigenvalue weighted by Gasteiger charge is -2.07. The molecule has 0 saturated heterocycles. The van der Waals surface area contributed by atoms with Crippen LogP contribution in [0.5, 0.6) is 0 Å². The molecule has 1 aromatic rings. The van der Waals surface area contributed by atoms with Gasteiger partial charge in [-0.05, 0) is 37.3 Å². The zero-order chi connectivity index (χ0) is 9.80. The summed E-state index contributed by atoms with van der Waals surface area (Å²) in [5.74, 6) is 0.894. The van der Waals surface area contributed by atoms with Crippen LogP contribution in [-0.4, -0.2) is 11.5 Å². The van der Waals surface area contributed by atoms with E-state index in [0.29, 0.717) is 0 Å². The fourth-order valence-electron chi connectivity index (χ4n) is 1.33. The van der Waals surface area contributed by atoms with Gasteiger partial charge in [-0.2, -0.15) is 0 Å². The molecule has 3 nitrogen and oxygen atoms in total. The van der Waals surface area contributed by atoms with Crippen LogP contribution in [-0.2, 0) is 6.42 Å². The number of aryl methyl sites for hydroxylation is 1. The Bertz CT molecular complexity index is 277. The topological polar surface area (TPSA) is 37.0 Å². The van der Waals surface area contributed by atoms with Crippen LogP contribution in [0.25, 0.3) is 0 Å². The first-order valence-electron chi connectivity index (χ1n) is 5.32. The van der Waals surface area contributed by atoms with E-state index >= 15 is 0 Å². The van der Waals surface area contributed by atoms with Gasteiger partial charge >= 0.3 is 0 Å². The fourth-order valence-corrected chi connectivity index (χ4v) is 1.33. The van der Waals surface area contributed by atoms with Crippen LogP contribution in [0.2, 0.25) is 0 Å². The monoisotopic (exact) mass is 191 g/mol. The van der Waals surface area contributed by atoms with E-state index in [9.17, 15) is 0 Å². The van der Waals surface area contributed by atoms with Crippen molar-refractivity contribution >= 4 is 5.69 Å². The Hall–Kier alpha value is -1.09. The van der Waals surface area contributed by atoms with Crippen LogP contribution >= 0.6 is 0 Å². The van der Waals surface area contributed by atoms with Gasteiger partial charge in [0.25, 0.3) is 0 Å². The molecule has 0 bridgehead atoms. The third kappa shape index (κ3) is 2.70. The van der Waals surface area contributed by atoms with Crippen LogP contribution < -0.4 is 10.9 Å². The van der Waals surface area contributed by atoms with E-state index < -0.39 is 0 Å². The zero-order valence-corrected chi connectivity index (χ0v) is 8.59. The van der Waals surface area contributed by atoms with E-state index in [2.05, 4.69) is 34.9 Å². The second-order valence-electron chi connectivity index (χ2n) is 3.84. The molecule has 1 saturated carbocycles. The highest BCUT2D eigenvalue weighted by Gasteiger charge is 2.20. The summed E-state index contributed by atoms with van der Waals surface area (Å²) in [7, 11) is 0. The molecule has 0 aliphatic heterocycles. The normalized spacial score (nSPS) is 15.5. The second-order valence-corrected chi connectivity index (χ2v) is 3.84. The van der Waals surface area contributed by atoms with Crippen LogP contribution in [0.3, 0.4) is 0 Å². The molecule has 0 unspecified atom stereocenters. The van der Waals surface area contributed by atoms with Gasteiger partial charge in [0, 0.05) is 12.2 Å². The molecule has 3 heteroatoms. The quantitative estimate of drug-likeness (QED) is 0.699. The molecule has 1 heterocycles. The van der Waals surface area contributed by atoms with Crippen molar-refractivity contribution in [2.45, 2.75) is 26.2 Å². The number of aromatic nitrogens is 1. The average Bonchev–Trinajstić information content (AvgIpc) is 3.03. The van der Waals surface area contributed by atoms with Gasteiger partial charge in [-0.25, -0.2) is 5.43 Å². The van der Waals surface area contributed by atoms with Crippen molar-refractivity contribution in [1.29, 1.82) is 0 Å². The van der Waals surface area contributed by atoms with Gasteiger partial charge in [0.05, 0.1) is 11.9 Å². The Morgan fingerprint density at radius 3 is 2.86 bits per heavy atom. The van der Waals surface area contributed by atoms with E-state index in [1.165, 1.54) is 12.8 Å². The lowest BCUT2D eigenvalue weighted by molar-refractivity contribution is 0.708. The van der Waals surface area contributed by atoms with Gasteiger partial charge in [0.15, 0.2) is 0 Å². The predicted molar refractivity (Wildman–Crippen MR) is 58.0 cm³/mol. The van der Waals surface area contributed by atoms with Crippen LogP contribution in [0.1, 0.15) is 25.5 Å². The average molecular weight is 191 g/mol. The Labute approximate surface area is 84.9 Å². The Morgan fingerprint density at radius 1 is 1.43 bits per heavy atom. The summed E-state index contributed by atoms with van der Waals surface area (Å²) in [4.78, 5) is 4.31. The summed E-state index contributed by atoms with van der Waals surface area (Å²) >= 11 is 0. The SMILES string of the molecule is CCc1ccc(NNCC2CC2)cn1. The smallest absolute Gasteiger partial charge is 0.0671 e. The van der Waals surface area contributed by atoms with Gasteiger partial charge in [0.1, 0.15) is 0 Å². The van der Waals surface area contributed by atoms with E-state index in [1.54, 1.807) is 0 Å². The molecule has 0 spiro atoms. The van der Waals surface area contributed by atoms with Crippen molar-refractivity contribution in [3.8, 4) is 0 Å². The third-order valence-electron chi connectivity index (χ3n) is 2.51. The van der Waals surface area contributed by atoms with E-state index in [4.69, 9.17) is 0 Å². The van der Waals surface area contributed by atoms with Crippen LogP contribution in [0, 0.1) is 5.92 Å². The lowest BCUT2D eigenvalue weighted by atomic mass is 10.3. The summed E-state index contributed by atoms with van der Waals surface area (Å²) in [5, 5.41) is 0. The molecule has 14 heavy (non-hydrogen) atoms. The van der Waals surface area contributed by atoms with Gasteiger partial charge in [-0.3, -0.25) is 4.98 Å². The van der Waals surface area contributed by atoms with Crippen LogP contribution in [0.15, 0.2) is 18.3 Å². The molecule has 0 amide bonds. The molecule has 2 rings (SSSR count). The van der Waals surface area contributed by atoms with Crippen LogP contribution in [0.4, 0.5) is 5.69 Å². The Morgan fingerprint density at radius 2 is 2.29 bits per heavy atom. The number of hydrogen-bond donors (Lipinski definition) is 2. The van der Waals surface area contributed by atoms with Gasteiger partial charge in [-0.15, -0.1) is 0 Å². The second kappa shape index (κ2) is 4.42. The van der Waals surface area contributed by atoms with Gasteiger partial charge < -0.3 is 5.43 Å². The number of hydrazine groups is 1. The number of nitrogens with one attached hydrogen (secondary N) is 2. The van der Waals surface area contributed by atoms with Crippen molar-refractivity contribution in [3.05, 3.63) is 24.0 Å². The number of rotatable bonds is 5. The van der Waals surface area contributed by atoms with Crippen molar-refractivity contribution < 1.29 is 0 Å². The van der Waals surface area contributed by atoms with E-state index in [1.807, 2.05) is 6.20 Å². The first-order chi connectivity index (χ1) is 6.88. The summed E-state index contributed by atoms with van der Waals surface area (Å²) in [6, 6.07) is 4.12. The minimum atomic E-state index is 0.894. The zero-order valence-electron chi connectivity index (χ0n) is 8.59.